The van der Waals surface area contributed by atoms with Crippen molar-refractivity contribution in [2.45, 2.75) is 6.61 Å². The van der Waals surface area contributed by atoms with E-state index in [-0.39, 0.29) is 0 Å². The second kappa shape index (κ2) is 4.85. The predicted octanol–water partition coefficient (Wildman–Crippen LogP) is 2.89. The molecule has 1 aromatic heterocycles. The van der Waals surface area contributed by atoms with Crippen molar-refractivity contribution < 1.29 is 4.74 Å². The zero-order valence-electron chi connectivity index (χ0n) is 9.15. The molecule has 6 heteroatoms. The number of benzene rings is 1. The molecule has 1 aromatic carbocycles. The van der Waals surface area contributed by atoms with Crippen LogP contribution in [0.15, 0.2) is 24.3 Å². The molecule has 90 valence electrons. The van der Waals surface area contributed by atoms with Gasteiger partial charge in [-0.1, -0.05) is 29.3 Å². The van der Waals surface area contributed by atoms with Crippen LogP contribution in [0.1, 0.15) is 5.69 Å². The summed E-state index contributed by atoms with van der Waals surface area (Å²) in [5.41, 5.74) is 6.40. The predicted molar refractivity (Wildman–Crippen MR) is 68.4 cm³/mol. The maximum atomic E-state index is 5.99. The number of hydrogen-bond acceptors (Lipinski definition) is 3. The monoisotopic (exact) mass is 271 g/mol. The minimum atomic E-state index is 0.297. The highest BCUT2D eigenvalue weighted by Crippen LogP contribution is 2.31. The first-order valence-corrected chi connectivity index (χ1v) is 5.68. The van der Waals surface area contributed by atoms with Gasteiger partial charge in [0.1, 0.15) is 28.9 Å². The molecule has 0 unspecified atom stereocenters. The van der Waals surface area contributed by atoms with Gasteiger partial charge in [0, 0.05) is 13.1 Å². The van der Waals surface area contributed by atoms with Crippen LogP contribution < -0.4 is 10.5 Å². The van der Waals surface area contributed by atoms with E-state index in [0.717, 1.165) is 5.69 Å². The molecule has 1 heterocycles. The Hall–Kier alpha value is -1.39. The second-order valence-electron chi connectivity index (χ2n) is 3.52. The van der Waals surface area contributed by atoms with Crippen LogP contribution in [0.25, 0.3) is 0 Å². The van der Waals surface area contributed by atoms with E-state index in [1.165, 1.54) is 0 Å². The molecule has 0 bridgehead atoms. The Bertz CT molecular complexity index is 520. The van der Waals surface area contributed by atoms with Gasteiger partial charge in [-0.05, 0) is 12.1 Å². The molecule has 0 spiro atoms. The molecule has 0 saturated heterocycles. The maximum absolute atomic E-state index is 5.99. The van der Waals surface area contributed by atoms with E-state index in [4.69, 9.17) is 33.7 Å². The zero-order valence-corrected chi connectivity index (χ0v) is 10.7. The molecule has 0 saturated carbocycles. The Kier molecular flexibility index (Phi) is 3.45. The number of anilines is 1. The summed E-state index contributed by atoms with van der Waals surface area (Å²) in [4.78, 5) is 0. The molecule has 0 aliphatic rings. The van der Waals surface area contributed by atoms with Gasteiger partial charge >= 0.3 is 0 Å². The Morgan fingerprint density at radius 3 is 2.82 bits per heavy atom. The van der Waals surface area contributed by atoms with Crippen LogP contribution in [0.4, 0.5) is 5.82 Å². The fourth-order valence-electron chi connectivity index (χ4n) is 1.36. The number of nitrogens with two attached hydrogens (primary N) is 1. The third-order valence-corrected chi connectivity index (χ3v) is 3.06. The number of aromatic nitrogens is 2. The third kappa shape index (κ3) is 2.65. The molecule has 4 nitrogen and oxygen atoms in total. The van der Waals surface area contributed by atoms with Crippen LogP contribution in [-0.4, -0.2) is 9.78 Å². The normalized spacial score (nSPS) is 10.5. The minimum Gasteiger partial charge on any atom is -0.486 e. The number of ether oxygens (including phenoxy) is 1. The van der Waals surface area contributed by atoms with Gasteiger partial charge in [-0.25, -0.2) is 0 Å². The van der Waals surface area contributed by atoms with Crippen LogP contribution in [-0.2, 0) is 13.7 Å². The molecule has 17 heavy (non-hydrogen) atoms. The number of hydrogen-bond donors (Lipinski definition) is 1. The lowest BCUT2D eigenvalue weighted by atomic mass is 10.3. The number of aryl methyl sites for hydroxylation is 1. The maximum Gasteiger partial charge on any atom is 0.140 e. The van der Waals surface area contributed by atoms with Crippen molar-refractivity contribution in [3.8, 4) is 5.75 Å². The van der Waals surface area contributed by atoms with Gasteiger partial charge in [-0.15, -0.1) is 0 Å². The summed E-state index contributed by atoms with van der Waals surface area (Å²) < 4.78 is 7.11. The Balaban J connectivity index is 2.10. The van der Waals surface area contributed by atoms with Gasteiger partial charge in [0.25, 0.3) is 0 Å². The molecule has 0 aliphatic heterocycles. The van der Waals surface area contributed by atoms with Gasteiger partial charge in [-0.3, -0.25) is 4.68 Å². The lowest BCUT2D eigenvalue weighted by Gasteiger charge is -2.06. The summed E-state index contributed by atoms with van der Waals surface area (Å²) in [6.07, 6.45) is 0. The van der Waals surface area contributed by atoms with E-state index >= 15 is 0 Å². The smallest absolute Gasteiger partial charge is 0.140 e. The summed E-state index contributed by atoms with van der Waals surface area (Å²) in [5.74, 6) is 1.11. The van der Waals surface area contributed by atoms with Gasteiger partial charge in [0.2, 0.25) is 0 Å². The first kappa shape index (κ1) is 12.1. The fourth-order valence-corrected chi connectivity index (χ4v) is 1.71. The number of rotatable bonds is 3. The van der Waals surface area contributed by atoms with E-state index in [1.54, 1.807) is 36.0 Å². The average molecular weight is 272 g/mol. The first-order valence-electron chi connectivity index (χ1n) is 4.93. The zero-order chi connectivity index (χ0) is 12.4. The van der Waals surface area contributed by atoms with E-state index in [0.29, 0.717) is 28.2 Å². The van der Waals surface area contributed by atoms with Crippen molar-refractivity contribution in [1.29, 1.82) is 0 Å². The Labute approximate surface area is 109 Å². The van der Waals surface area contributed by atoms with Gasteiger partial charge < -0.3 is 10.5 Å². The second-order valence-corrected chi connectivity index (χ2v) is 4.31. The van der Waals surface area contributed by atoms with Crippen molar-refractivity contribution in [2.75, 3.05) is 5.73 Å². The lowest BCUT2D eigenvalue weighted by Crippen LogP contribution is -1.99. The highest BCUT2D eigenvalue weighted by molar-refractivity contribution is 6.42. The van der Waals surface area contributed by atoms with E-state index in [2.05, 4.69) is 5.10 Å². The highest BCUT2D eigenvalue weighted by Gasteiger charge is 2.07. The highest BCUT2D eigenvalue weighted by atomic mass is 35.5. The van der Waals surface area contributed by atoms with Crippen LogP contribution in [0, 0.1) is 0 Å². The van der Waals surface area contributed by atoms with Crippen molar-refractivity contribution in [2.24, 2.45) is 7.05 Å². The molecule has 2 rings (SSSR count). The van der Waals surface area contributed by atoms with Crippen molar-refractivity contribution in [3.63, 3.8) is 0 Å². The van der Waals surface area contributed by atoms with Crippen LogP contribution >= 0.6 is 23.2 Å². The van der Waals surface area contributed by atoms with E-state index < -0.39 is 0 Å². The molecule has 0 radical (unpaired) electrons. The van der Waals surface area contributed by atoms with Crippen molar-refractivity contribution in [3.05, 3.63) is 40.0 Å². The van der Waals surface area contributed by atoms with Gasteiger partial charge in [0.15, 0.2) is 0 Å². The van der Waals surface area contributed by atoms with Crippen molar-refractivity contribution in [1.82, 2.24) is 9.78 Å². The summed E-state index contributed by atoms with van der Waals surface area (Å²) in [6.45, 7) is 0.297. The summed E-state index contributed by atoms with van der Waals surface area (Å²) >= 11 is 11.9. The van der Waals surface area contributed by atoms with Gasteiger partial charge in [-0.2, -0.15) is 5.10 Å². The third-order valence-electron chi connectivity index (χ3n) is 2.26. The molecular formula is C11H11Cl2N3O. The molecule has 0 aliphatic carbocycles. The standard InChI is InChI=1S/C11H11Cl2N3O/c1-16-10(14)5-7(15-16)6-17-9-4-2-3-8(12)11(9)13/h2-5H,6,14H2,1H3. The van der Waals surface area contributed by atoms with Crippen LogP contribution in [0.5, 0.6) is 5.75 Å². The quantitative estimate of drug-likeness (QED) is 0.934. The molecule has 2 N–H and O–H groups in total. The molecule has 0 fully saturated rings. The molecule has 0 amide bonds. The number of nitrogen functional groups attached to an aromatic ring is 1. The van der Waals surface area contributed by atoms with Crippen LogP contribution in [0.2, 0.25) is 10.0 Å². The Morgan fingerprint density at radius 2 is 2.18 bits per heavy atom. The topological polar surface area (TPSA) is 53.1 Å². The Morgan fingerprint density at radius 1 is 1.41 bits per heavy atom. The van der Waals surface area contributed by atoms with Crippen molar-refractivity contribution >= 4 is 29.0 Å². The molecular weight excluding hydrogens is 261 g/mol. The largest absolute Gasteiger partial charge is 0.486 e. The van der Waals surface area contributed by atoms with E-state index in [1.807, 2.05) is 0 Å². The number of halogens is 2. The molecule has 2 aromatic rings. The average Bonchev–Trinajstić information content (AvgIpc) is 2.61. The van der Waals surface area contributed by atoms with Gasteiger partial charge in [0.05, 0.1) is 5.02 Å². The first-order chi connectivity index (χ1) is 8.08. The van der Waals surface area contributed by atoms with Crippen LogP contribution in [0.3, 0.4) is 0 Å². The fraction of sp³-hybridized carbons (Fsp3) is 0.182. The summed E-state index contributed by atoms with van der Waals surface area (Å²) in [5, 5.41) is 5.03. The SMILES string of the molecule is Cn1nc(COc2cccc(Cl)c2Cl)cc1N. The lowest BCUT2D eigenvalue weighted by molar-refractivity contribution is 0.300. The summed E-state index contributed by atoms with van der Waals surface area (Å²) in [6, 6.07) is 6.98. The minimum absolute atomic E-state index is 0.297. The van der Waals surface area contributed by atoms with E-state index in [9.17, 15) is 0 Å². The summed E-state index contributed by atoms with van der Waals surface area (Å²) in [7, 11) is 1.77. The molecule has 0 atom stereocenters. The number of nitrogens with zero attached hydrogens (tertiary/aromatic N) is 2.